The van der Waals surface area contributed by atoms with Gasteiger partial charge in [0.1, 0.15) is 5.82 Å². The van der Waals surface area contributed by atoms with Gasteiger partial charge < -0.3 is 4.90 Å². The Morgan fingerprint density at radius 3 is 2.69 bits per heavy atom. The van der Waals surface area contributed by atoms with E-state index in [0.717, 1.165) is 48.9 Å². The molecule has 88 valence electrons. The Labute approximate surface area is 110 Å². The van der Waals surface area contributed by atoms with E-state index in [1.54, 1.807) is 6.20 Å². The van der Waals surface area contributed by atoms with Gasteiger partial charge in [-0.3, -0.25) is 4.90 Å². The lowest BCUT2D eigenvalue weighted by Gasteiger charge is -2.35. The van der Waals surface area contributed by atoms with Gasteiger partial charge in [-0.15, -0.1) is 0 Å². The number of alkyl halides is 1. The quantitative estimate of drug-likeness (QED) is 0.799. The van der Waals surface area contributed by atoms with E-state index in [9.17, 15) is 0 Å². The molecule has 1 saturated heterocycles. The maximum atomic E-state index is 6.13. The fourth-order valence-electron chi connectivity index (χ4n) is 1.91. The number of nitrogens with zero attached hydrogens (tertiary/aromatic N) is 3. The Bertz CT molecular complexity index is 340. The molecular weight excluding hydrogens is 289 g/mol. The average Bonchev–Trinajstić information content (AvgIpc) is 2.31. The van der Waals surface area contributed by atoms with Crippen LogP contribution in [0.25, 0.3) is 0 Å². The maximum absolute atomic E-state index is 6.13. The first kappa shape index (κ1) is 12.1. The molecule has 1 aromatic rings. The van der Waals surface area contributed by atoms with Crippen molar-refractivity contribution >= 4 is 33.3 Å². The van der Waals surface area contributed by atoms with Crippen molar-refractivity contribution in [3.05, 3.63) is 23.4 Å². The van der Waals surface area contributed by atoms with Gasteiger partial charge in [-0.25, -0.2) is 4.98 Å². The van der Waals surface area contributed by atoms with E-state index in [1.807, 2.05) is 12.1 Å². The number of hydrogen-bond donors (Lipinski definition) is 0. The summed E-state index contributed by atoms with van der Waals surface area (Å²) in [7, 11) is 0. The SMILES string of the molecule is Clc1cccnc1N1CCN(CCBr)CC1. The van der Waals surface area contributed by atoms with Crippen LogP contribution < -0.4 is 4.90 Å². The molecule has 5 heteroatoms. The molecule has 0 aliphatic carbocycles. The topological polar surface area (TPSA) is 19.4 Å². The molecule has 1 aromatic heterocycles. The first-order chi connectivity index (χ1) is 7.81. The molecule has 1 aliphatic rings. The zero-order chi connectivity index (χ0) is 11.4. The Hall–Kier alpha value is -0.320. The number of halogens is 2. The molecule has 0 N–H and O–H groups in total. The first-order valence-electron chi connectivity index (χ1n) is 5.45. The van der Waals surface area contributed by atoms with Crippen molar-refractivity contribution in [1.29, 1.82) is 0 Å². The third kappa shape index (κ3) is 2.87. The van der Waals surface area contributed by atoms with Crippen LogP contribution in [0.3, 0.4) is 0 Å². The van der Waals surface area contributed by atoms with Gasteiger partial charge in [-0.1, -0.05) is 27.5 Å². The molecule has 16 heavy (non-hydrogen) atoms. The second-order valence-electron chi connectivity index (χ2n) is 3.83. The number of anilines is 1. The van der Waals surface area contributed by atoms with Gasteiger partial charge in [-0.05, 0) is 12.1 Å². The number of hydrogen-bond acceptors (Lipinski definition) is 3. The molecule has 0 saturated carbocycles. The van der Waals surface area contributed by atoms with Crippen molar-refractivity contribution in [3.8, 4) is 0 Å². The number of piperazine rings is 1. The van der Waals surface area contributed by atoms with Gasteiger partial charge >= 0.3 is 0 Å². The van der Waals surface area contributed by atoms with Crippen LogP contribution in [-0.4, -0.2) is 47.9 Å². The summed E-state index contributed by atoms with van der Waals surface area (Å²) in [5, 5.41) is 1.79. The van der Waals surface area contributed by atoms with Gasteiger partial charge in [0, 0.05) is 44.3 Å². The van der Waals surface area contributed by atoms with Crippen molar-refractivity contribution in [3.63, 3.8) is 0 Å². The molecular formula is C11H15BrClN3. The molecule has 1 aliphatic heterocycles. The maximum Gasteiger partial charge on any atom is 0.147 e. The lowest BCUT2D eigenvalue weighted by Crippen LogP contribution is -2.47. The summed E-state index contributed by atoms with van der Waals surface area (Å²) in [6, 6.07) is 3.77. The predicted octanol–water partition coefficient (Wildman–Crippen LogP) is 2.25. The monoisotopic (exact) mass is 303 g/mol. The second-order valence-corrected chi connectivity index (χ2v) is 5.03. The van der Waals surface area contributed by atoms with E-state index in [-0.39, 0.29) is 0 Å². The van der Waals surface area contributed by atoms with Crippen molar-refractivity contribution < 1.29 is 0 Å². The zero-order valence-corrected chi connectivity index (χ0v) is 11.4. The highest BCUT2D eigenvalue weighted by atomic mass is 79.9. The van der Waals surface area contributed by atoms with Gasteiger partial charge in [0.25, 0.3) is 0 Å². The molecule has 0 spiro atoms. The van der Waals surface area contributed by atoms with E-state index < -0.39 is 0 Å². The summed E-state index contributed by atoms with van der Waals surface area (Å²) in [6.45, 7) is 5.29. The van der Waals surface area contributed by atoms with Crippen LogP contribution in [-0.2, 0) is 0 Å². The highest BCUT2D eigenvalue weighted by molar-refractivity contribution is 9.09. The number of pyridine rings is 1. The van der Waals surface area contributed by atoms with E-state index in [0.29, 0.717) is 0 Å². The summed E-state index contributed by atoms with van der Waals surface area (Å²) in [4.78, 5) is 9.04. The van der Waals surface area contributed by atoms with Crippen LogP contribution in [0.4, 0.5) is 5.82 Å². The average molecular weight is 305 g/mol. The van der Waals surface area contributed by atoms with Gasteiger partial charge in [0.05, 0.1) is 5.02 Å². The van der Waals surface area contributed by atoms with Gasteiger partial charge in [0.15, 0.2) is 0 Å². The minimum atomic E-state index is 0.747. The predicted molar refractivity (Wildman–Crippen MR) is 71.7 cm³/mol. The van der Waals surface area contributed by atoms with Crippen LogP contribution in [0.5, 0.6) is 0 Å². The summed E-state index contributed by atoms with van der Waals surface area (Å²) in [5.41, 5.74) is 0. The standard InChI is InChI=1S/C11H15BrClN3/c12-3-5-15-6-8-16(9-7-15)11-10(13)2-1-4-14-11/h1-2,4H,3,5-9H2. The summed E-state index contributed by atoms with van der Waals surface area (Å²) >= 11 is 9.60. The van der Waals surface area contributed by atoms with Crippen LogP contribution in [0.15, 0.2) is 18.3 Å². The molecule has 2 heterocycles. The number of aromatic nitrogens is 1. The fraction of sp³-hybridized carbons (Fsp3) is 0.545. The van der Waals surface area contributed by atoms with Crippen LogP contribution in [0.1, 0.15) is 0 Å². The normalized spacial score (nSPS) is 17.8. The molecule has 0 radical (unpaired) electrons. The number of rotatable bonds is 3. The minimum absolute atomic E-state index is 0.747. The molecule has 0 amide bonds. The molecule has 2 rings (SSSR count). The Balaban J connectivity index is 1.96. The summed E-state index contributed by atoms with van der Waals surface area (Å²) in [6.07, 6.45) is 1.80. The third-order valence-corrected chi connectivity index (χ3v) is 3.46. The first-order valence-corrected chi connectivity index (χ1v) is 6.95. The summed E-state index contributed by atoms with van der Waals surface area (Å²) < 4.78 is 0. The largest absolute Gasteiger partial charge is 0.353 e. The fourth-order valence-corrected chi connectivity index (χ4v) is 2.66. The van der Waals surface area contributed by atoms with E-state index in [2.05, 4.69) is 30.7 Å². The smallest absolute Gasteiger partial charge is 0.147 e. The third-order valence-electron chi connectivity index (χ3n) is 2.81. The highest BCUT2D eigenvalue weighted by Crippen LogP contribution is 2.23. The molecule has 0 aromatic carbocycles. The van der Waals surface area contributed by atoms with Gasteiger partial charge in [-0.2, -0.15) is 0 Å². The lowest BCUT2D eigenvalue weighted by molar-refractivity contribution is 0.273. The van der Waals surface area contributed by atoms with Crippen LogP contribution in [0, 0.1) is 0 Å². The van der Waals surface area contributed by atoms with Crippen molar-refractivity contribution in [2.24, 2.45) is 0 Å². The summed E-state index contributed by atoms with van der Waals surface area (Å²) in [5.74, 6) is 0.919. The van der Waals surface area contributed by atoms with Crippen LogP contribution >= 0.6 is 27.5 Å². The van der Waals surface area contributed by atoms with Crippen LogP contribution in [0.2, 0.25) is 5.02 Å². The molecule has 0 atom stereocenters. The second kappa shape index (κ2) is 5.84. The Morgan fingerprint density at radius 1 is 1.31 bits per heavy atom. The Kier molecular flexibility index (Phi) is 4.44. The molecule has 1 fully saturated rings. The minimum Gasteiger partial charge on any atom is -0.353 e. The lowest BCUT2D eigenvalue weighted by atomic mass is 10.3. The van der Waals surface area contributed by atoms with E-state index >= 15 is 0 Å². The van der Waals surface area contributed by atoms with E-state index in [4.69, 9.17) is 11.6 Å². The zero-order valence-electron chi connectivity index (χ0n) is 9.07. The van der Waals surface area contributed by atoms with Crippen molar-refractivity contribution in [2.45, 2.75) is 0 Å². The molecule has 0 unspecified atom stereocenters. The molecule has 0 bridgehead atoms. The highest BCUT2D eigenvalue weighted by Gasteiger charge is 2.18. The van der Waals surface area contributed by atoms with Crippen molar-refractivity contribution in [2.75, 3.05) is 43.0 Å². The van der Waals surface area contributed by atoms with Gasteiger partial charge in [0.2, 0.25) is 0 Å². The van der Waals surface area contributed by atoms with E-state index in [1.165, 1.54) is 0 Å². The van der Waals surface area contributed by atoms with Crippen molar-refractivity contribution in [1.82, 2.24) is 9.88 Å². The molecule has 3 nitrogen and oxygen atoms in total. The Morgan fingerprint density at radius 2 is 2.06 bits per heavy atom.